The molecule has 1 amide bonds. The number of alkyl halides is 2. The second-order valence-electron chi connectivity index (χ2n) is 5.58. The molecule has 0 spiro atoms. The average Bonchev–Trinajstić information content (AvgIpc) is 3.03. The van der Waals surface area contributed by atoms with Crippen LogP contribution in [0.25, 0.3) is 0 Å². The molecular formula is C17H13ClF3N5O2. The van der Waals surface area contributed by atoms with Crippen molar-refractivity contribution in [3.05, 3.63) is 58.8 Å². The van der Waals surface area contributed by atoms with Crippen molar-refractivity contribution in [3.63, 3.8) is 0 Å². The first-order chi connectivity index (χ1) is 13.3. The first-order valence-electron chi connectivity index (χ1n) is 7.76. The van der Waals surface area contributed by atoms with Gasteiger partial charge in [0.15, 0.2) is 17.3 Å². The van der Waals surface area contributed by atoms with E-state index in [9.17, 15) is 18.0 Å². The van der Waals surface area contributed by atoms with Crippen molar-refractivity contribution in [2.45, 2.75) is 6.43 Å². The normalized spacial score (nSPS) is 10.9. The van der Waals surface area contributed by atoms with Gasteiger partial charge in [-0.3, -0.25) is 9.48 Å². The van der Waals surface area contributed by atoms with Gasteiger partial charge in [0.2, 0.25) is 0 Å². The number of rotatable bonds is 5. The number of halogens is 4. The molecule has 0 bridgehead atoms. The van der Waals surface area contributed by atoms with Crippen molar-refractivity contribution in [2.75, 3.05) is 11.1 Å². The zero-order chi connectivity index (χ0) is 20.4. The van der Waals surface area contributed by atoms with Crippen molar-refractivity contribution in [1.29, 1.82) is 0 Å². The molecule has 0 atom stereocenters. The maximum atomic E-state index is 14.3. The van der Waals surface area contributed by atoms with Crippen molar-refractivity contribution in [2.24, 2.45) is 7.05 Å². The fourth-order valence-electron chi connectivity index (χ4n) is 2.38. The Morgan fingerprint density at radius 1 is 1.32 bits per heavy atom. The van der Waals surface area contributed by atoms with E-state index in [0.29, 0.717) is 0 Å². The van der Waals surface area contributed by atoms with Gasteiger partial charge in [-0.05, 0) is 12.1 Å². The van der Waals surface area contributed by atoms with Crippen LogP contribution in [0, 0.1) is 5.82 Å². The third-order valence-electron chi connectivity index (χ3n) is 3.73. The number of pyridine rings is 1. The topological polar surface area (TPSA) is 95.1 Å². The Hall–Kier alpha value is -3.27. The van der Waals surface area contributed by atoms with Gasteiger partial charge in [-0.2, -0.15) is 5.10 Å². The summed E-state index contributed by atoms with van der Waals surface area (Å²) < 4.78 is 46.7. The molecular weight excluding hydrogens is 399 g/mol. The van der Waals surface area contributed by atoms with Gasteiger partial charge < -0.3 is 15.8 Å². The largest absolute Gasteiger partial charge is 0.453 e. The van der Waals surface area contributed by atoms with E-state index < -0.39 is 23.8 Å². The molecule has 11 heteroatoms. The van der Waals surface area contributed by atoms with Gasteiger partial charge in [0.25, 0.3) is 12.3 Å². The highest BCUT2D eigenvalue weighted by atomic mass is 35.5. The monoisotopic (exact) mass is 411 g/mol. The molecule has 0 saturated heterocycles. The summed E-state index contributed by atoms with van der Waals surface area (Å²) in [4.78, 5) is 16.0. The van der Waals surface area contributed by atoms with E-state index >= 15 is 0 Å². The minimum Gasteiger partial charge on any atom is -0.453 e. The fraction of sp³-hybridized carbons (Fsp3) is 0.118. The summed E-state index contributed by atoms with van der Waals surface area (Å²) in [5.74, 6) is -1.72. The van der Waals surface area contributed by atoms with Gasteiger partial charge in [0, 0.05) is 31.1 Å². The predicted molar refractivity (Wildman–Crippen MR) is 96.3 cm³/mol. The van der Waals surface area contributed by atoms with Crippen LogP contribution >= 0.6 is 11.6 Å². The summed E-state index contributed by atoms with van der Waals surface area (Å²) >= 11 is 5.94. The Morgan fingerprint density at radius 2 is 2.07 bits per heavy atom. The molecule has 0 saturated carbocycles. The Labute approximate surface area is 161 Å². The number of carbonyl (C=O) groups is 1. The third kappa shape index (κ3) is 3.86. The molecule has 3 rings (SSSR count). The van der Waals surface area contributed by atoms with Crippen LogP contribution in [0.2, 0.25) is 5.02 Å². The lowest BCUT2D eigenvalue weighted by atomic mass is 10.2. The van der Waals surface area contributed by atoms with E-state index in [4.69, 9.17) is 22.1 Å². The molecule has 1 aromatic carbocycles. The van der Waals surface area contributed by atoms with Crippen LogP contribution in [-0.2, 0) is 7.05 Å². The predicted octanol–water partition coefficient (Wildman–Crippen LogP) is 4.17. The second-order valence-corrected chi connectivity index (χ2v) is 5.96. The molecule has 0 radical (unpaired) electrons. The zero-order valence-corrected chi connectivity index (χ0v) is 15.0. The van der Waals surface area contributed by atoms with Gasteiger partial charge in [-0.15, -0.1) is 0 Å². The Bertz CT molecular complexity index is 1040. The Kier molecular flexibility index (Phi) is 5.41. The molecule has 2 heterocycles. The van der Waals surface area contributed by atoms with Gasteiger partial charge in [-0.1, -0.05) is 11.6 Å². The summed E-state index contributed by atoms with van der Waals surface area (Å²) in [5, 5.41) is 6.01. The van der Waals surface area contributed by atoms with E-state index in [1.54, 1.807) is 0 Å². The molecule has 2 aromatic heterocycles. The molecule has 0 aliphatic carbocycles. The van der Waals surface area contributed by atoms with Crippen LogP contribution in [0.5, 0.6) is 11.5 Å². The van der Waals surface area contributed by atoms with Crippen molar-refractivity contribution < 1.29 is 22.7 Å². The van der Waals surface area contributed by atoms with Crippen LogP contribution in [0.1, 0.15) is 22.5 Å². The standard InChI is InChI=1S/C17H13ClF3N5O2/c1-26-14(15(20)21)9(7-24-26)17(27)25-8-2-3-11(10(19)6-8)28-12-4-5-23-16(22)13(12)18/h2-7,15H,1H3,(H2,22,23)(H,25,27). The molecule has 28 heavy (non-hydrogen) atoms. The number of nitrogens with one attached hydrogen (secondary N) is 1. The highest BCUT2D eigenvalue weighted by Crippen LogP contribution is 2.34. The molecule has 7 nitrogen and oxygen atoms in total. The lowest BCUT2D eigenvalue weighted by molar-refractivity contribution is 0.100. The zero-order valence-electron chi connectivity index (χ0n) is 14.3. The highest BCUT2D eigenvalue weighted by Gasteiger charge is 2.23. The number of hydrogen-bond acceptors (Lipinski definition) is 5. The first-order valence-corrected chi connectivity index (χ1v) is 8.14. The van der Waals surface area contributed by atoms with Gasteiger partial charge in [-0.25, -0.2) is 18.2 Å². The van der Waals surface area contributed by atoms with Gasteiger partial charge in [0.05, 0.1) is 11.8 Å². The van der Waals surface area contributed by atoms with Crippen molar-refractivity contribution in [1.82, 2.24) is 14.8 Å². The number of carbonyl (C=O) groups excluding carboxylic acids is 1. The number of hydrogen-bond donors (Lipinski definition) is 2. The van der Waals surface area contributed by atoms with Crippen molar-refractivity contribution in [3.8, 4) is 11.5 Å². The molecule has 0 fully saturated rings. The fourth-order valence-corrected chi connectivity index (χ4v) is 2.53. The van der Waals surface area contributed by atoms with E-state index in [0.717, 1.165) is 16.9 Å². The Balaban J connectivity index is 1.79. The number of aryl methyl sites for hydroxylation is 1. The SMILES string of the molecule is Cn1ncc(C(=O)Nc2ccc(Oc3ccnc(N)c3Cl)c(F)c2)c1C(F)F. The number of ether oxygens (including phenoxy) is 1. The Morgan fingerprint density at radius 3 is 2.75 bits per heavy atom. The molecule has 0 unspecified atom stereocenters. The quantitative estimate of drug-likeness (QED) is 0.657. The van der Waals surface area contributed by atoms with Crippen LogP contribution in [0.4, 0.5) is 24.7 Å². The average molecular weight is 412 g/mol. The number of amides is 1. The van der Waals surface area contributed by atoms with Crippen LogP contribution in [0.3, 0.4) is 0 Å². The van der Waals surface area contributed by atoms with E-state index in [2.05, 4.69) is 15.4 Å². The highest BCUT2D eigenvalue weighted by molar-refractivity contribution is 6.34. The summed E-state index contributed by atoms with van der Waals surface area (Å²) in [6.45, 7) is 0. The van der Waals surface area contributed by atoms with Gasteiger partial charge >= 0.3 is 0 Å². The summed E-state index contributed by atoms with van der Waals surface area (Å²) in [5.41, 5.74) is 4.75. The second kappa shape index (κ2) is 7.77. The maximum Gasteiger partial charge on any atom is 0.280 e. The number of benzene rings is 1. The van der Waals surface area contributed by atoms with Crippen LogP contribution < -0.4 is 15.8 Å². The number of aromatic nitrogens is 3. The minimum atomic E-state index is -2.89. The number of nitrogens with zero attached hydrogens (tertiary/aromatic N) is 3. The third-order valence-corrected chi connectivity index (χ3v) is 4.11. The van der Waals surface area contributed by atoms with E-state index in [-0.39, 0.29) is 33.6 Å². The molecule has 3 aromatic rings. The maximum absolute atomic E-state index is 14.3. The molecule has 0 aliphatic heterocycles. The van der Waals surface area contributed by atoms with Gasteiger partial charge in [0.1, 0.15) is 16.5 Å². The summed E-state index contributed by atoms with van der Waals surface area (Å²) in [7, 11) is 1.29. The number of nitrogens with two attached hydrogens (primary N) is 1. The van der Waals surface area contributed by atoms with Crippen LogP contribution in [-0.4, -0.2) is 20.7 Å². The number of anilines is 2. The summed E-state index contributed by atoms with van der Waals surface area (Å²) in [6, 6.07) is 4.97. The van der Waals surface area contributed by atoms with Crippen molar-refractivity contribution >= 4 is 29.0 Å². The summed E-state index contributed by atoms with van der Waals surface area (Å²) in [6.07, 6.45) is -0.531. The smallest absolute Gasteiger partial charge is 0.280 e. The molecule has 3 N–H and O–H groups in total. The minimum absolute atomic E-state index is 0.0229. The molecule has 146 valence electrons. The van der Waals surface area contributed by atoms with E-state index in [1.807, 2.05) is 0 Å². The number of nitrogen functional groups attached to an aromatic ring is 1. The van der Waals surface area contributed by atoms with E-state index in [1.165, 1.54) is 31.4 Å². The first kappa shape index (κ1) is 19.5. The molecule has 0 aliphatic rings. The lowest BCUT2D eigenvalue weighted by Crippen LogP contribution is -2.14. The van der Waals surface area contributed by atoms with Crippen LogP contribution in [0.15, 0.2) is 36.7 Å². The lowest BCUT2D eigenvalue weighted by Gasteiger charge is -2.11.